The van der Waals surface area contributed by atoms with E-state index in [4.69, 9.17) is 0 Å². The zero-order valence-electron chi connectivity index (χ0n) is 33.2. The zero-order valence-corrected chi connectivity index (χ0v) is 33.2. The van der Waals surface area contributed by atoms with Crippen molar-refractivity contribution >= 4 is 38.8 Å². The highest BCUT2D eigenvalue weighted by Crippen LogP contribution is 2.44. The van der Waals surface area contributed by atoms with Gasteiger partial charge in [0.2, 0.25) is 0 Å². The molecule has 4 nitrogen and oxygen atoms in total. The van der Waals surface area contributed by atoms with Gasteiger partial charge in [-0.05, 0) is 120 Å². The summed E-state index contributed by atoms with van der Waals surface area (Å²) in [5.74, 6) is 0.277. The van der Waals surface area contributed by atoms with Crippen molar-refractivity contribution in [2.75, 3.05) is 0 Å². The SMILES string of the molecule is CC1=C(C2=C(C)C(n3c4c(c5ccccc53)CC(c3ccc5c(c3)c3ccccc3n5C3C=CC=CC3)C=C4)NC(c3cccc(-c4ccccc4)c3)N2)CCC=C1. The quantitative estimate of drug-likeness (QED) is 0.177. The molecule has 4 aliphatic rings. The molecule has 0 radical (unpaired) electrons. The molecule has 2 aromatic heterocycles. The summed E-state index contributed by atoms with van der Waals surface area (Å²) < 4.78 is 5.14. The van der Waals surface area contributed by atoms with Crippen LogP contribution in [-0.4, -0.2) is 9.13 Å². The molecule has 4 unspecified atom stereocenters. The smallest absolute Gasteiger partial charge is 0.110 e. The number of para-hydroxylation sites is 2. The summed E-state index contributed by atoms with van der Waals surface area (Å²) >= 11 is 0. The molecular weight excluding hydrogens is 705 g/mol. The summed E-state index contributed by atoms with van der Waals surface area (Å²) in [5, 5.41) is 12.2. The van der Waals surface area contributed by atoms with Crippen molar-refractivity contribution in [2.24, 2.45) is 0 Å². The van der Waals surface area contributed by atoms with Crippen LogP contribution in [0.1, 0.15) is 79.8 Å². The number of hydrogen-bond donors (Lipinski definition) is 2. The van der Waals surface area contributed by atoms with Gasteiger partial charge < -0.3 is 14.5 Å². The molecule has 0 saturated heterocycles. The fourth-order valence-corrected chi connectivity index (χ4v) is 10.2. The van der Waals surface area contributed by atoms with Crippen molar-refractivity contribution in [1.82, 2.24) is 19.8 Å². The van der Waals surface area contributed by atoms with Crippen molar-refractivity contribution in [3.8, 4) is 11.1 Å². The number of allylic oxidation sites excluding steroid dienone is 9. The number of benzene rings is 5. The second-order valence-electron chi connectivity index (χ2n) is 16.5. The predicted octanol–water partition coefficient (Wildman–Crippen LogP) is 13.2. The van der Waals surface area contributed by atoms with Crippen molar-refractivity contribution in [2.45, 2.75) is 63.8 Å². The maximum Gasteiger partial charge on any atom is 0.110 e. The number of hydrogen-bond acceptors (Lipinski definition) is 2. The van der Waals surface area contributed by atoms with Gasteiger partial charge in [0, 0.05) is 44.5 Å². The van der Waals surface area contributed by atoms with E-state index >= 15 is 0 Å². The molecule has 2 N–H and O–H groups in total. The Morgan fingerprint density at radius 3 is 2.22 bits per heavy atom. The van der Waals surface area contributed by atoms with Gasteiger partial charge >= 0.3 is 0 Å². The van der Waals surface area contributed by atoms with Gasteiger partial charge in [-0.2, -0.15) is 0 Å². The lowest BCUT2D eigenvalue weighted by Gasteiger charge is -2.39. The van der Waals surface area contributed by atoms with Gasteiger partial charge in [0.1, 0.15) is 12.3 Å². The van der Waals surface area contributed by atoms with Crippen molar-refractivity contribution < 1.29 is 0 Å². The first kappa shape index (κ1) is 34.9. The predicted molar refractivity (Wildman–Crippen MR) is 242 cm³/mol. The van der Waals surface area contributed by atoms with E-state index in [1.54, 1.807) is 0 Å². The molecule has 284 valence electrons. The highest BCUT2D eigenvalue weighted by molar-refractivity contribution is 6.08. The number of rotatable bonds is 6. The zero-order chi connectivity index (χ0) is 38.7. The molecule has 0 fully saturated rings. The van der Waals surface area contributed by atoms with E-state index < -0.39 is 0 Å². The molecule has 3 aliphatic carbocycles. The maximum absolute atomic E-state index is 4.14. The number of nitrogens with zero attached hydrogens (tertiary/aromatic N) is 2. The molecule has 7 aromatic rings. The summed E-state index contributed by atoms with van der Waals surface area (Å²) in [6, 6.07) is 45.3. The lowest BCUT2D eigenvalue weighted by molar-refractivity contribution is 0.340. The van der Waals surface area contributed by atoms with Crippen LogP contribution in [0.4, 0.5) is 0 Å². The Bertz CT molecular complexity index is 2940. The second-order valence-corrected chi connectivity index (χ2v) is 16.5. The molecule has 1 aliphatic heterocycles. The first-order valence-corrected chi connectivity index (χ1v) is 21.0. The van der Waals surface area contributed by atoms with Gasteiger partial charge in [0.05, 0.1) is 11.6 Å². The summed E-state index contributed by atoms with van der Waals surface area (Å²) in [6.07, 6.45) is 22.4. The minimum Gasteiger partial charge on any atom is -0.366 e. The minimum absolute atomic E-state index is 0.0474. The standard InChI is InChI=1S/C54H48N4/c1-35-16-9-10-23-43(35)52-36(2)54(56-53(55-52)41-20-15-19-38(32-41)37-17-5-3-6-18-37)58-49-27-14-12-25-45(49)47-34-40(29-31-51(47)58)39-28-30-50-46(33-39)44-24-11-13-26-48(44)57(50)42-21-7-4-8-22-42/h3-9,11-21,24-33,40,42,53-56H,10,22-23,34H2,1-2H3. The van der Waals surface area contributed by atoms with E-state index in [1.807, 2.05) is 0 Å². The fraction of sp³-hybridized carbons (Fsp3) is 0.185. The Labute approximate surface area is 340 Å². The molecule has 4 atom stereocenters. The summed E-state index contributed by atoms with van der Waals surface area (Å²) in [6.45, 7) is 4.60. The lowest BCUT2D eigenvalue weighted by Crippen LogP contribution is -2.45. The van der Waals surface area contributed by atoms with Gasteiger partial charge in [-0.3, -0.25) is 5.32 Å². The average molecular weight is 753 g/mol. The highest BCUT2D eigenvalue weighted by Gasteiger charge is 2.34. The van der Waals surface area contributed by atoms with E-state index in [0.717, 1.165) is 25.7 Å². The number of nitrogens with one attached hydrogen (secondary N) is 2. The van der Waals surface area contributed by atoms with Crippen LogP contribution in [0.2, 0.25) is 0 Å². The Morgan fingerprint density at radius 2 is 1.40 bits per heavy atom. The van der Waals surface area contributed by atoms with Crippen LogP contribution in [0.15, 0.2) is 186 Å². The van der Waals surface area contributed by atoms with Crippen LogP contribution < -0.4 is 10.6 Å². The normalized spacial score (nSPS) is 21.7. The van der Waals surface area contributed by atoms with Crippen LogP contribution in [0, 0.1) is 0 Å². The molecule has 11 rings (SSSR count). The molecule has 0 bridgehead atoms. The van der Waals surface area contributed by atoms with E-state index in [2.05, 4.69) is 204 Å². The average Bonchev–Trinajstić information content (AvgIpc) is 3.79. The second kappa shape index (κ2) is 14.2. The van der Waals surface area contributed by atoms with E-state index in [9.17, 15) is 0 Å². The molecule has 4 heteroatoms. The Hall–Kier alpha value is -6.36. The number of aromatic nitrogens is 2. The van der Waals surface area contributed by atoms with Gasteiger partial charge in [0.25, 0.3) is 0 Å². The Balaban J connectivity index is 1.01. The lowest BCUT2D eigenvalue weighted by atomic mass is 9.86. The molecule has 0 saturated carbocycles. The van der Waals surface area contributed by atoms with Crippen LogP contribution >= 0.6 is 0 Å². The minimum atomic E-state index is -0.0790. The van der Waals surface area contributed by atoms with Crippen molar-refractivity contribution in [3.63, 3.8) is 0 Å². The van der Waals surface area contributed by atoms with Gasteiger partial charge in [-0.1, -0.05) is 134 Å². The number of fused-ring (bicyclic) bond motifs is 6. The van der Waals surface area contributed by atoms with Crippen LogP contribution in [-0.2, 0) is 6.42 Å². The molecule has 3 heterocycles. The maximum atomic E-state index is 4.14. The third-order valence-corrected chi connectivity index (χ3v) is 13.1. The fourth-order valence-electron chi connectivity index (χ4n) is 10.2. The molecule has 0 amide bonds. The van der Waals surface area contributed by atoms with Crippen molar-refractivity contribution in [1.29, 1.82) is 0 Å². The molecule has 0 spiro atoms. The van der Waals surface area contributed by atoms with E-state index in [-0.39, 0.29) is 18.2 Å². The van der Waals surface area contributed by atoms with Crippen LogP contribution in [0.3, 0.4) is 0 Å². The van der Waals surface area contributed by atoms with Crippen molar-refractivity contribution in [3.05, 3.63) is 209 Å². The van der Waals surface area contributed by atoms with E-state index in [1.165, 1.54) is 88.6 Å². The Morgan fingerprint density at radius 1 is 0.621 bits per heavy atom. The topological polar surface area (TPSA) is 33.9 Å². The van der Waals surface area contributed by atoms with Gasteiger partial charge in [-0.15, -0.1) is 0 Å². The van der Waals surface area contributed by atoms with Crippen LogP contribution in [0.25, 0.3) is 49.9 Å². The highest BCUT2D eigenvalue weighted by atomic mass is 15.3. The molecule has 5 aromatic carbocycles. The van der Waals surface area contributed by atoms with Gasteiger partial charge in [-0.25, -0.2) is 0 Å². The molecule has 58 heavy (non-hydrogen) atoms. The third-order valence-electron chi connectivity index (χ3n) is 13.1. The monoisotopic (exact) mass is 752 g/mol. The first-order valence-electron chi connectivity index (χ1n) is 21.0. The van der Waals surface area contributed by atoms with Gasteiger partial charge in [0.15, 0.2) is 0 Å². The molecular formula is C54H48N4. The largest absolute Gasteiger partial charge is 0.366 e. The summed E-state index contributed by atoms with van der Waals surface area (Å²) in [4.78, 5) is 0. The summed E-state index contributed by atoms with van der Waals surface area (Å²) in [5.41, 5.74) is 17.0. The first-order chi connectivity index (χ1) is 28.6. The summed E-state index contributed by atoms with van der Waals surface area (Å²) in [7, 11) is 0. The van der Waals surface area contributed by atoms with Crippen LogP contribution in [0.5, 0.6) is 0 Å². The van der Waals surface area contributed by atoms with E-state index in [0.29, 0.717) is 6.04 Å². The third kappa shape index (κ3) is 5.77. The Kier molecular flexibility index (Phi) is 8.55.